The third-order valence-corrected chi connectivity index (χ3v) is 7.90. The van der Waals surface area contributed by atoms with E-state index >= 15 is 0 Å². The second kappa shape index (κ2) is 9.79. The van der Waals surface area contributed by atoms with Gasteiger partial charge in [-0.25, -0.2) is 8.42 Å². The van der Waals surface area contributed by atoms with Gasteiger partial charge in [0.25, 0.3) is 0 Å². The first-order valence-electron chi connectivity index (χ1n) is 10.8. The molecule has 1 aliphatic heterocycles. The number of benzene rings is 1. The summed E-state index contributed by atoms with van der Waals surface area (Å²) in [4.78, 5) is 5.04. The van der Waals surface area contributed by atoms with Gasteiger partial charge in [0.1, 0.15) is 5.75 Å². The number of aromatic nitrogens is 1. The van der Waals surface area contributed by atoms with Crippen LogP contribution in [-0.2, 0) is 27.6 Å². The number of rotatable bonds is 8. The quantitative estimate of drug-likeness (QED) is 0.625. The summed E-state index contributed by atoms with van der Waals surface area (Å²) >= 11 is 6.40. The molecule has 2 aliphatic rings. The Kier molecular flexibility index (Phi) is 7.05. The summed E-state index contributed by atoms with van der Waals surface area (Å²) in [6.07, 6.45) is 4.20. The Bertz CT molecular complexity index is 1130. The van der Waals surface area contributed by atoms with Crippen LogP contribution in [0.2, 0.25) is 0 Å². The number of ether oxygens (including phenoxy) is 2. The molecule has 1 aromatic heterocycles. The Balaban J connectivity index is 1.62. The number of morpholine rings is 1. The lowest BCUT2D eigenvalue weighted by Crippen LogP contribution is -2.40. The van der Waals surface area contributed by atoms with Gasteiger partial charge in [-0.2, -0.15) is 4.31 Å². The van der Waals surface area contributed by atoms with E-state index in [1.165, 1.54) is 4.31 Å². The molecule has 1 saturated heterocycles. The van der Waals surface area contributed by atoms with Gasteiger partial charge in [-0.1, -0.05) is 30.7 Å². The number of nitrogens with one attached hydrogen (secondary N) is 1. The molecule has 0 unspecified atom stereocenters. The van der Waals surface area contributed by atoms with Crippen molar-refractivity contribution in [3.63, 3.8) is 0 Å². The molecule has 0 bridgehead atoms. The van der Waals surface area contributed by atoms with E-state index in [1.54, 1.807) is 19.2 Å². The third kappa shape index (κ3) is 4.64. The Hall–Kier alpha value is -2.13. The van der Waals surface area contributed by atoms with Crippen molar-refractivity contribution >= 4 is 32.3 Å². The fourth-order valence-electron chi connectivity index (χ4n) is 4.01. The van der Waals surface area contributed by atoms with Gasteiger partial charge in [-0.3, -0.25) is 4.98 Å². The molecular formula is C23H28ClN3O4S. The number of anilines is 1. The molecule has 4 rings (SSSR count). The highest BCUT2D eigenvalue weighted by Gasteiger charge is 2.27. The van der Waals surface area contributed by atoms with Crippen LogP contribution in [0, 0.1) is 0 Å². The van der Waals surface area contributed by atoms with Crippen LogP contribution in [0.25, 0.3) is 5.03 Å². The third-order valence-electron chi connectivity index (χ3n) is 5.66. The van der Waals surface area contributed by atoms with Crippen molar-refractivity contribution in [3.8, 4) is 5.75 Å². The highest BCUT2D eigenvalue weighted by molar-refractivity contribution is 7.89. The van der Waals surface area contributed by atoms with Crippen molar-refractivity contribution in [2.24, 2.45) is 0 Å². The van der Waals surface area contributed by atoms with E-state index < -0.39 is 10.0 Å². The van der Waals surface area contributed by atoms with Crippen molar-refractivity contribution in [2.45, 2.75) is 31.1 Å². The number of halogens is 1. The largest absolute Gasteiger partial charge is 0.496 e. The maximum absolute atomic E-state index is 13.0. The number of hydrogen-bond donors (Lipinski definition) is 1. The van der Waals surface area contributed by atoms with E-state index in [2.05, 4.69) is 12.2 Å². The molecule has 1 aliphatic carbocycles. The van der Waals surface area contributed by atoms with Gasteiger partial charge in [-0.05, 0) is 18.6 Å². The van der Waals surface area contributed by atoms with Crippen molar-refractivity contribution in [1.29, 1.82) is 0 Å². The number of sulfonamides is 1. The lowest BCUT2D eigenvalue weighted by molar-refractivity contribution is 0.0730. The van der Waals surface area contributed by atoms with Crippen LogP contribution in [-0.4, -0.2) is 57.7 Å². The highest BCUT2D eigenvalue weighted by atomic mass is 35.5. The Labute approximate surface area is 194 Å². The minimum atomic E-state index is -3.59. The van der Waals surface area contributed by atoms with Crippen LogP contribution >= 0.6 is 11.6 Å². The smallest absolute Gasteiger partial charge is 0.243 e. The van der Waals surface area contributed by atoms with Gasteiger partial charge in [0.05, 0.1) is 30.9 Å². The fourth-order valence-corrected chi connectivity index (χ4v) is 5.72. The second-order valence-electron chi connectivity index (χ2n) is 7.83. The first-order valence-corrected chi connectivity index (χ1v) is 12.6. The average molecular weight is 478 g/mol. The molecule has 32 heavy (non-hydrogen) atoms. The Morgan fingerprint density at radius 2 is 2.03 bits per heavy atom. The molecule has 0 atom stereocenters. The summed E-state index contributed by atoms with van der Waals surface area (Å²) < 4.78 is 38.3. The predicted molar refractivity (Wildman–Crippen MR) is 126 cm³/mol. The summed E-state index contributed by atoms with van der Waals surface area (Å²) in [6.45, 7) is 4.49. The molecule has 0 amide bonds. The van der Waals surface area contributed by atoms with E-state index in [0.29, 0.717) is 44.9 Å². The Morgan fingerprint density at radius 3 is 2.75 bits per heavy atom. The van der Waals surface area contributed by atoms with Gasteiger partial charge in [0, 0.05) is 66.1 Å². The van der Waals surface area contributed by atoms with Crippen LogP contribution in [0.3, 0.4) is 0 Å². The maximum Gasteiger partial charge on any atom is 0.243 e. The zero-order valence-electron chi connectivity index (χ0n) is 18.4. The molecule has 1 N–H and O–H groups in total. The molecule has 9 heteroatoms. The molecule has 2 heterocycles. The molecular weight excluding hydrogens is 450 g/mol. The SMILES string of the molecule is CCCNc1cc(Cc2ccc(S(=O)(=O)N3CCOCC3)cc2OC)nc2c1C(Cl)=CC2. The van der Waals surface area contributed by atoms with Gasteiger partial charge in [0.15, 0.2) is 0 Å². The van der Waals surface area contributed by atoms with Crippen LogP contribution in [0.5, 0.6) is 5.75 Å². The first kappa shape index (κ1) is 23.0. The molecule has 0 saturated carbocycles. The lowest BCUT2D eigenvalue weighted by atomic mass is 10.1. The van der Waals surface area contributed by atoms with Crippen molar-refractivity contribution < 1.29 is 17.9 Å². The summed E-state index contributed by atoms with van der Waals surface area (Å²) in [5.74, 6) is 0.529. The van der Waals surface area contributed by atoms with Gasteiger partial charge < -0.3 is 14.8 Å². The summed E-state index contributed by atoms with van der Waals surface area (Å²) in [6, 6.07) is 7.08. The van der Waals surface area contributed by atoms with Crippen LogP contribution in [0.1, 0.15) is 35.9 Å². The number of allylic oxidation sites excluding steroid dienone is 1. The monoisotopic (exact) mass is 477 g/mol. The zero-order chi connectivity index (χ0) is 22.7. The summed E-state index contributed by atoms with van der Waals surface area (Å²) in [7, 11) is -2.04. The zero-order valence-corrected chi connectivity index (χ0v) is 19.9. The van der Waals surface area contributed by atoms with E-state index in [0.717, 1.165) is 46.2 Å². The first-order chi connectivity index (χ1) is 15.4. The maximum atomic E-state index is 13.0. The van der Waals surface area contributed by atoms with E-state index in [4.69, 9.17) is 26.1 Å². The average Bonchev–Trinajstić information content (AvgIpc) is 3.19. The molecule has 7 nitrogen and oxygen atoms in total. The number of pyridine rings is 1. The number of fused-ring (bicyclic) bond motifs is 1. The van der Waals surface area contributed by atoms with E-state index in [-0.39, 0.29) is 4.90 Å². The topological polar surface area (TPSA) is 80.8 Å². The molecule has 172 valence electrons. The lowest BCUT2D eigenvalue weighted by Gasteiger charge is -2.26. The number of hydrogen-bond acceptors (Lipinski definition) is 6. The van der Waals surface area contributed by atoms with Crippen LogP contribution in [0.4, 0.5) is 5.69 Å². The summed E-state index contributed by atoms with van der Waals surface area (Å²) in [5, 5.41) is 4.18. The number of nitrogens with zero attached hydrogens (tertiary/aromatic N) is 2. The van der Waals surface area contributed by atoms with Crippen molar-refractivity contribution in [2.75, 3.05) is 45.3 Å². The van der Waals surface area contributed by atoms with Gasteiger partial charge in [0.2, 0.25) is 10.0 Å². The van der Waals surface area contributed by atoms with Crippen LogP contribution < -0.4 is 10.1 Å². The minimum absolute atomic E-state index is 0.225. The fraction of sp³-hybridized carbons (Fsp3) is 0.435. The van der Waals surface area contributed by atoms with E-state index in [1.807, 2.05) is 18.2 Å². The molecule has 1 fully saturated rings. The minimum Gasteiger partial charge on any atom is -0.496 e. The highest BCUT2D eigenvalue weighted by Crippen LogP contribution is 2.36. The number of methoxy groups -OCH3 is 1. The molecule has 2 aromatic rings. The molecule has 0 spiro atoms. The Morgan fingerprint density at radius 1 is 1.25 bits per heavy atom. The summed E-state index contributed by atoms with van der Waals surface area (Å²) in [5.41, 5.74) is 4.67. The molecule has 0 radical (unpaired) electrons. The normalized spacial score (nSPS) is 16.5. The van der Waals surface area contributed by atoms with Crippen molar-refractivity contribution in [1.82, 2.24) is 9.29 Å². The van der Waals surface area contributed by atoms with Gasteiger partial charge >= 0.3 is 0 Å². The van der Waals surface area contributed by atoms with E-state index in [9.17, 15) is 8.42 Å². The second-order valence-corrected chi connectivity index (χ2v) is 10.2. The van der Waals surface area contributed by atoms with Crippen molar-refractivity contribution in [3.05, 3.63) is 52.9 Å². The standard InChI is InChI=1S/C23H28ClN3O4S/c1-3-8-25-21-14-17(26-20-7-6-19(24)23(20)21)13-16-4-5-18(15-22(16)30-2)32(28,29)27-9-11-31-12-10-27/h4-6,14-15H,3,7-13H2,1-2H3,(H,25,26). The van der Waals surface area contributed by atoms with Crippen LogP contribution in [0.15, 0.2) is 35.2 Å². The molecule has 1 aromatic carbocycles. The predicted octanol–water partition coefficient (Wildman–Crippen LogP) is 3.66. The van der Waals surface area contributed by atoms with Gasteiger partial charge in [-0.15, -0.1) is 0 Å².